The summed E-state index contributed by atoms with van der Waals surface area (Å²) >= 11 is 0. The molecular weight excluding hydrogens is 255 g/mol. The van der Waals surface area contributed by atoms with Gasteiger partial charge in [0.25, 0.3) is 0 Å². The van der Waals surface area contributed by atoms with Crippen LogP contribution in [0.5, 0.6) is 0 Å². The third-order valence-corrected chi connectivity index (χ3v) is 4.20. The first-order chi connectivity index (χ1) is 9.39. The Morgan fingerprint density at radius 2 is 1.90 bits per heavy atom. The average molecular weight is 280 g/mol. The fraction of sp³-hybridized carbons (Fsp3) is 0.625. The number of nitrogens with zero attached hydrogens (tertiary/aromatic N) is 1. The number of nitrogens with two attached hydrogens (primary N) is 1. The van der Waals surface area contributed by atoms with Gasteiger partial charge in [0.15, 0.2) is 0 Å². The van der Waals surface area contributed by atoms with Gasteiger partial charge in [-0.05, 0) is 57.4 Å². The molecule has 0 saturated carbocycles. The predicted molar refractivity (Wildman–Crippen MR) is 78.8 cm³/mol. The normalized spacial score (nSPS) is 27.9. The van der Waals surface area contributed by atoms with Crippen LogP contribution in [0.2, 0.25) is 0 Å². The van der Waals surface area contributed by atoms with Crippen molar-refractivity contribution in [2.75, 3.05) is 13.1 Å². The molecule has 1 aliphatic heterocycles. The highest BCUT2D eigenvalue weighted by molar-refractivity contribution is 5.21. The Balaban J connectivity index is 2.18. The zero-order valence-corrected chi connectivity index (χ0v) is 12.3. The van der Waals surface area contributed by atoms with Gasteiger partial charge in [0.1, 0.15) is 5.82 Å². The van der Waals surface area contributed by atoms with E-state index in [2.05, 4.69) is 4.90 Å². The van der Waals surface area contributed by atoms with Gasteiger partial charge in [-0.3, -0.25) is 4.90 Å². The zero-order chi connectivity index (χ0) is 14.8. The van der Waals surface area contributed by atoms with E-state index in [0.717, 1.165) is 37.9 Å². The van der Waals surface area contributed by atoms with Crippen molar-refractivity contribution in [2.24, 2.45) is 5.73 Å². The maximum absolute atomic E-state index is 13.1. The molecule has 112 valence electrons. The highest BCUT2D eigenvalue weighted by atomic mass is 19.1. The van der Waals surface area contributed by atoms with Gasteiger partial charge in [-0.15, -0.1) is 0 Å². The molecule has 2 rings (SSSR count). The van der Waals surface area contributed by atoms with Crippen LogP contribution in [0, 0.1) is 5.82 Å². The number of benzene rings is 1. The van der Waals surface area contributed by atoms with Gasteiger partial charge in [-0.25, -0.2) is 4.39 Å². The SMILES string of the molecule is CC(N)C(c1ccc(F)cc1)N1CCCC(C)(O)CC1. The third kappa shape index (κ3) is 3.78. The molecule has 3 unspecified atom stereocenters. The first kappa shape index (κ1) is 15.4. The molecule has 3 nitrogen and oxygen atoms in total. The van der Waals surface area contributed by atoms with Gasteiger partial charge >= 0.3 is 0 Å². The molecule has 1 heterocycles. The molecule has 0 amide bonds. The van der Waals surface area contributed by atoms with Crippen molar-refractivity contribution < 1.29 is 9.50 Å². The number of halogens is 1. The molecule has 1 aliphatic rings. The van der Waals surface area contributed by atoms with E-state index in [9.17, 15) is 9.50 Å². The highest BCUT2D eigenvalue weighted by Crippen LogP contribution is 2.29. The van der Waals surface area contributed by atoms with Crippen molar-refractivity contribution in [3.05, 3.63) is 35.6 Å². The molecule has 0 radical (unpaired) electrons. The summed E-state index contributed by atoms with van der Waals surface area (Å²) in [7, 11) is 0. The van der Waals surface area contributed by atoms with Crippen LogP contribution >= 0.6 is 0 Å². The molecule has 0 aromatic heterocycles. The summed E-state index contributed by atoms with van der Waals surface area (Å²) in [4.78, 5) is 2.32. The van der Waals surface area contributed by atoms with Gasteiger partial charge in [-0.2, -0.15) is 0 Å². The fourth-order valence-electron chi connectivity index (χ4n) is 3.07. The van der Waals surface area contributed by atoms with Crippen LogP contribution < -0.4 is 5.73 Å². The Morgan fingerprint density at radius 3 is 2.50 bits per heavy atom. The molecule has 20 heavy (non-hydrogen) atoms. The summed E-state index contributed by atoms with van der Waals surface area (Å²) in [5, 5.41) is 10.2. The number of hydrogen-bond donors (Lipinski definition) is 2. The summed E-state index contributed by atoms with van der Waals surface area (Å²) in [5.41, 5.74) is 6.62. The zero-order valence-electron chi connectivity index (χ0n) is 12.3. The van der Waals surface area contributed by atoms with Crippen LogP contribution in [-0.4, -0.2) is 34.7 Å². The molecular formula is C16H25FN2O. The number of rotatable bonds is 3. The largest absolute Gasteiger partial charge is 0.390 e. The van der Waals surface area contributed by atoms with Crippen LogP contribution in [0.15, 0.2) is 24.3 Å². The predicted octanol–water partition coefficient (Wildman–Crippen LogP) is 2.45. The van der Waals surface area contributed by atoms with Crippen LogP contribution in [0.25, 0.3) is 0 Å². The number of likely N-dealkylation sites (tertiary alicyclic amines) is 1. The second kappa shape index (κ2) is 6.20. The molecule has 3 atom stereocenters. The molecule has 1 aromatic rings. The second-order valence-corrected chi connectivity index (χ2v) is 6.24. The maximum atomic E-state index is 13.1. The summed E-state index contributed by atoms with van der Waals surface area (Å²) < 4.78 is 13.1. The van der Waals surface area contributed by atoms with Crippen molar-refractivity contribution in [1.82, 2.24) is 4.90 Å². The summed E-state index contributed by atoms with van der Waals surface area (Å²) in [5.74, 6) is -0.226. The van der Waals surface area contributed by atoms with E-state index in [1.807, 2.05) is 26.0 Å². The summed E-state index contributed by atoms with van der Waals surface area (Å²) in [6, 6.07) is 6.63. The van der Waals surface area contributed by atoms with Gasteiger partial charge in [0.05, 0.1) is 5.60 Å². The lowest BCUT2D eigenvalue weighted by Crippen LogP contribution is -2.40. The lowest BCUT2D eigenvalue weighted by molar-refractivity contribution is 0.0424. The fourth-order valence-corrected chi connectivity index (χ4v) is 3.07. The average Bonchev–Trinajstić information content (AvgIpc) is 2.53. The van der Waals surface area contributed by atoms with Crippen molar-refractivity contribution >= 4 is 0 Å². The topological polar surface area (TPSA) is 49.5 Å². The van der Waals surface area contributed by atoms with Gasteiger partial charge in [0, 0.05) is 18.6 Å². The standard InChI is InChI=1S/C16H25FN2O/c1-12(18)15(13-4-6-14(17)7-5-13)19-10-3-8-16(2,20)9-11-19/h4-7,12,15,20H,3,8-11,18H2,1-2H3. The number of hydrogen-bond acceptors (Lipinski definition) is 3. The minimum absolute atomic E-state index is 0.0384. The van der Waals surface area contributed by atoms with Crippen LogP contribution in [0.3, 0.4) is 0 Å². The summed E-state index contributed by atoms with van der Waals surface area (Å²) in [6.07, 6.45) is 2.52. The van der Waals surface area contributed by atoms with Crippen molar-refractivity contribution in [2.45, 2.75) is 50.8 Å². The van der Waals surface area contributed by atoms with Crippen molar-refractivity contribution in [1.29, 1.82) is 0 Å². The lowest BCUT2D eigenvalue weighted by atomic mass is 9.97. The van der Waals surface area contributed by atoms with Crippen LogP contribution in [0.1, 0.15) is 44.7 Å². The number of aliphatic hydroxyl groups is 1. The summed E-state index contributed by atoms with van der Waals surface area (Å²) in [6.45, 7) is 5.61. The smallest absolute Gasteiger partial charge is 0.123 e. The van der Waals surface area contributed by atoms with Gasteiger partial charge in [-0.1, -0.05) is 12.1 Å². The van der Waals surface area contributed by atoms with Gasteiger partial charge in [0.2, 0.25) is 0 Å². The van der Waals surface area contributed by atoms with Crippen LogP contribution in [0.4, 0.5) is 4.39 Å². The van der Waals surface area contributed by atoms with Gasteiger partial charge < -0.3 is 10.8 Å². The van der Waals surface area contributed by atoms with Crippen LogP contribution in [-0.2, 0) is 0 Å². The minimum Gasteiger partial charge on any atom is -0.390 e. The Labute approximate surface area is 120 Å². The van der Waals surface area contributed by atoms with E-state index >= 15 is 0 Å². The lowest BCUT2D eigenvalue weighted by Gasteiger charge is -2.34. The van der Waals surface area contributed by atoms with E-state index < -0.39 is 5.60 Å². The first-order valence-electron chi connectivity index (χ1n) is 7.36. The highest BCUT2D eigenvalue weighted by Gasteiger charge is 2.30. The van der Waals surface area contributed by atoms with E-state index in [1.165, 1.54) is 12.1 Å². The molecule has 3 N–H and O–H groups in total. The molecule has 1 aromatic carbocycles. The quantitative estimate of drug-likeness (QED) is 0.894. The molecule has 0 bridgehead atoms. The third-order valence-electron chi connectivity index (χ3n) is 4.20. The molecule has 0 spiro atoms. The monoisotopic (exact) mass is 280 g/mol. The van der Waals surface area contributed by atoms with E-state index in [0.29, 0.717) is 0 Å². The minimum atomic E-state index is -0.583. The van der Waals surface area contributed by atoms with Crippen molar-refractivity contribution in [3.8, 4) is 0 Å². The van der Waals surface area contributed by atoms with E-state index in [1.54, 1.807) is 0 Å². The second-order valence-electron chi connectivity index (χ2n) is 6.24. The molecule has 4 heteroatoms. The maximum Gasteiger partial charge on any atom is 0.123 e. The van der Waals surface area contributed by atoms with E-state index in [-0.39, 0.29) is 17.9 Å². The Hall–Kier alpha value is -0.970. The first-order valence-corrected chi connectivity index (χ1v) is 7.36. The Bertz CT molecular complexity index is 431. The Morgan fingerprint density at radius 1 is 1.25 bits per heavy atom. The molecule has 0 aliphatic carbocycles. The molecule has 1 saturated heterocycles. The van der Waals surface area contributed by atoms with E-state index in [4.69, 9.17) is 5.73 Å². The molecule has 1 fully saturated rings. The Kier molecular flexibility index (Phi) is 4.78. The van der Waals surface area contributed by atoms with Crippen molar-refractivity contribution in [3.63, 3.8) is 0 Å².